The minimum Gasteiger partial charge on any atom is -0.443 e. The number of carbonyl (C=O) groups excluding carboxylic acids is 1. The summed E-state index contributed by atoms with van der Waals surface area (Å²) in [4.78, 5) is 13.0. The summed E-state index contributed by atoms with van der Waals surface area (Å²) >= 11 is 0. The molecule has 1 saturated carbocycles. The molecule has 5 heteroatoms. The van der Waals surface area contributed by atoms with Crippen LogP contribution in [0.5, 0.6) is 0 Å². The second kappa shape index (κ2) is 5.01. The summed E-state index contributed by atoms with van der Waals surface area (Å²) in [6.07, 6.45) is 3.57. The lowest BCUT2D eigenvalue weighted by Gasteiger charge is -2.35. The number of aliphatic hydroxyl groups excluding tert-OH is 1. The second-order valence-electron chi connectivity index (χ2n) is 4.77. The fraction of sp³-hybridized carbons (Fsp3) is 0.909. The van der Waals surface area contributed by atoms with Gasteiger partial charge in [-0.2, -0.15) is 0 Å². The van der Waals surface area contributed by atoms with Crippen LogP contribution in [0.3, 0.4) is 0 Å². The van der Waals surface area contributed by atoms with Crippen molar-refractivity contribution in [2.75, 3.05) is 20.1 Å². The van der Waals surface area contributed by atoms with Gasteiger partial charge in [0.2, 0.25) is 0 Å². The van der Waals surface area contributed by atoms with Crippen LogP contribution < -0.4 is 5.32 Å². The molecule has 0 aromatic heterocycles. The van der Waals surface area contributed by atoms with Crippen LogP contribution in [-0.2, 0) is 4.74 Å². The van der Waals surface area contributed by atoms with Gasteiger partial charge in [-0.15, -0.1) is 0 Å². The van der Waals surface area contributed by atoms with Gasteiger partial charge in [0.25, 0.3) is 0 Å². The Labute approximate surface area is 95.8 Å². The van der Waals surface area contributed by atoms with E-state index < -0.39 is 0 Å². The van der Waals surface area contributed by atoms with E-state index in [0.717, 1.165) is 19.3 Å². The van der Waals surface area contributed by atoms with E-state index in [2.05, 4.69) is 10.2 Å². The molecule has 0 radical (unpaired) electrons. The summed E-state index contributed by atoms with van der Waals surface area (Å²) in [6, 6.07) is 0.216. The molecular formula is C11H20N2O3. The molecule has 1 aliphatic carbocycles. The van der Waals surface area contributed by atoms with E-state index in [-0.39, 0.29) is 24.3 Å². The lowest BCUT2D eigenvalue weighted by molar-refractivity contribution is 0.0152. The highest BCUT2D eigenvalue weighted by Crippen LogP contribution is 2.22. The fourth-order valence-corrected chi connectivity index (χ4v) is 2.60. The number of rotatable bonds is 3. The van der Waals surface area contributed by atoms with Gasteiger partial charge < -0.3 is 15.2 Å². The zero-order valence-corrected chi connectivity index (χ0v) is 9.69. The van der Waals surface area contributed by atoms with Crippen LogP contribution in [0.15, 0.2) is 0 Å². The average molecular weight is 228 g/mol. The molecule has 0 aromatic carbocycles. The lowest BCUT2D eigenvalue weighted by Crippen LogP contribution is -2.46. The molecule has 0 aromatic rings. The van der Waals surface area contributed by atoms with E-state index in [1.807, 2.05) is 7.05 Å². The Balaban J connectivity index is 1.82. The molecule has 92 valence electrons. The number of cyclic esters (lactones) is 1. The van der Waals surface area contributed by atoms with Crippen molar-refractivity contribution in [2.24, 2.45) is 0 Å². The first kappa shape index (κ1) is 11.7. The normalized spacial score (nSPS) is 34.9. The molecule has 1 aliphatic heterocycles. The van der Waals surface area contributed by atoms with Crippen LogP contribution in [-0.4, -0.2) is 54.5 Å². The summed E-state index contributed by atoms with van der Waals surface area (Å²) in [7, 11) is 1.99. The average Bonchev–Trinajstić information content (AvgIpc) is 2.64. The highest BCUT2D eigenvalue weighted by molar-refractivity contribution is 5.69. The van der Waals surface area contributed by atoms with Gasteiger partial charge in [-0.05, 0) is 19.9 Å². The van der Waals surface area contributed by atoms with Gasteiger partial charge in [-0.1, -0.05) is 12.8 Å². The lowest BCUT2D eigenvalue weighted by atomic mass is 9.91. The number of likely N-dealkylation sites (N-methyl/N-ethyl adjacent to an activating group) is 1. The summed E-state index contributed by atoms with van der Waals surface area (Å²) in [5, 5.41) is 12.5. The van der Waals surface area contributed by atoms with Crippen molar-refractivity contribution in [3.63, 3.8) is 0 Å². The smallest absolute Gasteiger partial charge is 0.407 e. The third kappa shape index (κ3) is 2.65. The van der Waals surface area contributed by atoms with Crippen LogP contribution in [0.2, 0.25) is 0 Å². The van der Waals surface area contributed by atoms with Gasteiger partial charge in [0.1, 0.15) is 6.10 Å². The number of nitrogens with zero attached hydrogens (tertiary/aromatic N) is 1. The summed E-state index contributed by atoms with van der Waals surface area (Å²) < 4.78 is 5.08. The Hall–Kier alpha value is -0.810. The maximum Gasteiger partial charge on any atom is 0.407 e. The van der Waals surface area contributed by atoms with Gasteiger partial charge in [-0.25, -0.2) is 4.79 Å². The number of nitrogens with one attached hydrogen (secondary N) is 1. The van der Waals surface area contributed by atoms with E-state index in [4.69, 9.17) is 4.74 Å². The molecule has 2 N–H and O–H groups in total. The fourth-order valence-electron chi connectivity index (χ4n) is 2.60. The van der Waals surface area contributed by atoms with Crippen molar-refractivity contribution in [3.8, 4) is 0 Å². The van der Waals surface area contributed by atoms with Crippen LogP contribution in [0, 0.1) is 0 Å². The number of hydrogen-bond acceptors (Lipinski definition) is 4. The van der Waals surface area contributed by atoms with E-state index >= 15 is 0 Å². The second-order valence-corrected chi connectivity index (χ2v) is 4.77. The zero-order chi connectivity index (χ0) is 11.5. The molecular weight excluding hydrogens is 208 g/mol. The Morgan fingerprint density at radius 1 is 1.50 bits per heavy atom. The molecule has 3 atom stereocenters. The van der Waals surface area contributed by atoms with Gasteiger partial charge in [0.15, 0.2) is 0 Å². The monoisotopic (exact) mass is 228 g/mol. The SMILES string of the molecule is CN(CC1CNC(=O)O1)C1CCCCC1O. The van der Waals surface area contributed by atoms with E-state index in [1.165, 1.54) is 6.42 Å². The molecule has 2 rings (SSSR count). The van der Waals surface area contributed by atoms with Crippen molar-refractivity contribution in [1.29, 1.82) is 0 Å². The van der Waals surface area contributed by atoms with Crippen LogP contribution in [0.1, 0.15) is 25.7 Å². The van der Waals surface area contributed by atoms with Crippen LogP contribution >= 0.6 is 0 Å². The van der Waals surface area contributed by atoms with Gasteiger partial charge >= 0.3 is 6.09 Å². The first-order chi connectivity index (χ1) is 7.66. The molecule has 16 heavy (non-hydrogen) atoms. The summed E-state index contributed by atoms with van der Waals surface area (Å²) in [6.45, 7) is 1.27. The van der Waals surface area contributed by atoms with Crippen molar-refractivity contribution < 1.29 is 14.6 Å². The Morgan fingerprint density at radius 3 is 2.88 bits per heavy atom. The molecule has 0 spiro atoms. The van der Waals surface area contributed by atoms with E-state index in [0.29, 0.717) is 13.1 Å². The largest absolute Gasteiger partial charge is 0.443 e. The molecule has 2 fully saturated rings. The topological polar surface area (TPSA) is 61.8 Å². The van der Waals surface area contributed by atoms with Crippen LogP contribution in [0.25, 0.3) is 0 Å². The molecule has 1 amide bonds. The standard InChI is InChI=1S/C11H20N2O3/c1-13(7-8-6-12-11(15)16-8)9-4-2-3-5-10(9)14/h8-10,14H,2-7H2,1H3,(H,12,15). The number of amides is 1. The number of alkyl carbamates (subject to hydrolysis) is 1. The number of carbonyl (C=O) groups is 1. The Bertz CT molecular complexity index is 260. The number of hydrogen-bond donors (Lipinski definition) is 2. The highest BCUT2D eigenvalue weighted by atomic mass is 16.6. The van der Waals surface area contributed by atoms with Crippen molar-refractivity contribution in [3.05, 3.63) is 0 Å². The molecule has 1 saturated heterocycles. The minimum atomic E-state index is -0.331. The maximum atomic E-state index is 10.9. The number of ether oxygens (including phenoxy) is 1. The Kier molecular flexibility index (Phi) is 3.66. The van der Waals surface area contributed by atoms with Crippen molar-refractivity contribution in [2.45, 2.75) is 43.9 Å². The first-order valence-electron chi connectivity index (χ1n) is 5.99. The quantitative estimate of drug-likeness (QED) is 0.731. The van der Waals surface area contributed by atoms with E-state index in [1.54, 1.807) is 0 Å². The third-order valence-electron chi connectivity index (χ3n) is 3.50. The molecule has 5 nitrogen and oxygen atoms in total. The summed E-state index contributed by atoms with van der Waals surface area (Å²) in [5.74, 6) is 0. The van der Waals surface area contributed by atoms with E-state index in [9.17, 15) is 9.90 Å². The van der Waals surface area contributed by atoms with Crippen LogP contribution in [0.4, 0.5) is 4.79 Å². The molecule has 1 heterocycles. The Morgan fingerprint density at radius 2 is 2.25 bits per heavy atom. The highest BCUT2D eigenvalue weighted by Gasteiger charge is 2.30. The first-order valence-corrected chi connectivity index (χ1v) is 5.99. The van der Waals surface area contributed by atoms with Gasteiger partial charge in [0, 0.05) is 12.6 Å². The van der Waals surface area contributed by atoms with Crippen molar-refractivity contribution in [1.82, 2.24) is 10.2 Å². The van der Waals surface area contributed by atoms with Crippen molar-refractivity contribution >= 4 is 6.09 Å². The number of aliphatic hydroxyl groups is 1. The predicted octanol–water partition coefficient (Wildman–Crippen LogP) is 0.330. The van der Waals surface area contributed by atoms with Gasteiger partial charge in [-0.3, -0.25) is 4.90 Å². The minimum absolute atomic E-state index is 0.0772. The molecule has 3 unspecified atom stereocenters. The third-order valence-corrected chi connectivity index (χ3v) is 3.50. The summed E-state index contributed by atoms with van der Waals surface area (Å²) in [5.41, 5.74) is 0. The van der Waals surface area contributed by atoms with Gasteiger partial charge in [0.05, 0.1) is 12.6 Å². The zero-order valence-electron chi connectivity index (χ0n) is 9.69. The molecule has 0 bridgehead atoms. The predicted molar refractivity (Wildman–Crippen MR) is 59.2 cm³/mol. The molecule has 2 aliphatic rings. The maximum absolute atomic E-state index is 10.9.